The Kier molecular flexibility index (Phi) is 3.03. The Balaban J connectivity index is 2.48. The van der Waals surface area contributed by atoms with Gasteiger partial charge in [0, 0.05) is 25.7 Å². The Bertz CT molecular complexity index is 163. The highest BCUT2D eigenvalue weighted by Gasteiger charge is 2.33. The molecule has 13 heavy (non-hydrogen) atoms. The van der Waals surface area contributed by atoms with Crippen LogP contribution in [0.1, 0.15) is 40.5 Å². The Morgan fingerprint density at radius 1 is 1.15 bits per heavy atom. The molecule has 1 heterocycles. The van der Waals surface area contributed by atoms with Gasteiger partial charge >= 0.3 is 0 Å². The molecular weight excluding hydrogens is 162 g/mol. The maximum atomic E-state index is 5.51. The van der Waals surface area contributed by atoms with Crippen molar-refractivity contribution in [3.8, 4) is 0 Å². The lowest BCUT2D eigenvalue weighted by Crippen LogP contribution is -2.50. The highest BCUT2D eigenvalue weighted by Crippen LogP contribution is 2.28. The fourth-order valence-electron chi connectivity index (χ4n) is 1.85. The summed E-state index contributed by atoms with van der Waals surface area (Å²) in [5, 5.41) is 0. The van der Waals surface area contributed by atoms with Crippen LogP contribution in [0.2, 0.25) is 0 Å². The first-order chi connectivity index (χ1) is 5.87. The van der Waals surface area contributed by atoms with E-state index in [1.54, 1.807) is 0 Å². The summed E-state index contributed by atoms with van der Waals surface area (Å²) >= 11 is 0. The van der Waals surface area contributed by atoms with Gasteiger partial charge in [-0.2, -0.15) is 0 Å². The molecule has 0 N–H and O–H groups in total. The van der Waals surface area contributed by atoms with E-state index in [-0.39, 0.29) is 5.60 Å². The highest BCUT2D eigenvalue weighted by atomic mass is 16.5. The molecule has 0 aliphatic carbocycles. The molecule has 1 aliphatic rings. The van der Waals surface area contributed by atoms with Gasteiger partial charge in [-0.1, -0.05) is 0 Å². The van der Waals surface area contributed by atoms with Gasteiger partial charge in [0.1, 0.15) is 0 Å². The topological polar surface area (TPSA) is 12.5 Å². The summed E-state index contributed by atoms with van der Waals surface area (Å²) in [6, 6.07) is 0. The number of ether oxygens (including phenoxy) is 1. The molecule has 0 atom stereocenters. The Hall–Kier alpha value is -0.0800. The van der Waals surface area contributed by atoms with Crippen molar-refractivity contribution >= 4 is 0 Å². The van der Waals surface area contributed by atoms with E-state index in [2.05, 4.69) is 32.6 Å². The highest BCUT2D eigenvalue weighted by molar-refractivity contribution is 4.88. The molecule has 0 unspecified atom stereocenters. The average molecular weight is 185 g/mol. The van der Waals surface area contributed by atoms with Crippen LogP contribution in [0.15, 0.2) is 0 Å². The molecule has 78 valence electrons. The van der Waals surface area contributed by atoms with Crippen LogP contribution in [0.3, 0.4) is 0 Å². The average Bonchev–Trinajstić information content (AvgIpc) is 2.04. The van der Waals surface area contributed by atoms with Gasteiger partial charge in [-0.15, -0.1) is 0 Å². The molecule has 1 saturated heterocycles. The lowest BCUT2D eigenvalue weighted by atomic mass is 9.90. The zero-order valence-electron chi connectivity index (χ0n) is 9.68. The smallest absolute Gasteiger partial charge is 0.0675 e. The summed E-state index contributed by atoms with van der Waals surface area (Å²) in [6.07, 6.45) is 2.31. The second kappa shape index (κ2) is 3.58. The van der Waals surface area contributed by atoms with Gasteiger partial charge in [0.05, 0.1) is 5.60 Å². The lowest BCUT2D eigenvalue weighted by molar-refractivity contribution is -0.0584. The third kappa shape index (κ3) is 2.68. The van der Waals surface area contributed by atoms with Gasteiger partial charge in [-0.05, 0) is 40.5 Å². The number of hydrogen-bond donors (Lipinski definition) is 0. The number of likely N-dealkylation sites (tertiary alicyclic amines) is 1. The van der Waals surface area contributed by atoms with Gasteiger partial charge in [0.15, 0.2) is 0 Å². The van der Waals surface area contributed by atoms with Gasteiger partial charge in [0.25, 0.3) is 0 Å². The van der Waals surface area contributed by atoms with Crippen molar-refractivity contribution in [2.24, 2.45) is 0 Å². The fraction of sp³-hybridized carbons (Fsp3) is 1.00. The van der Waals surface area contributed by atoms with Crippen molar-refractivity contribution in [3.05, 3.63) is 0 Å². The minimum absolute atomic E-state index is 0.127. The Morgan fingerprint density at radius 2 is 1.62 bits per heavy atom. The Labute approximate surface area is 82.3 Å². The third-order valence-electron chi connectivity index (χ3n) is 3.26. The van der Waals surface area contributed by atoms with Gasteiger partial charge in [0.2, 0.25) is 0 Å². The molecule has 0 bridgehead atoms. The molecule has 2 nitrogen and oxygen atoms in total. The largest absolute Gasteiger partial charge is 0.378 e. The van der Waals surface area contributed by atoms with Gasteiger partial charge in [-0.25, -0.2) is 0 Å². The summed E-state index contributed by atoms with van der Waals surface area (Å²) < 4.78 is 5.51. The third-order valence-corrected chi connectivity index (χ3v) is 3.26. The molecule has 1 aliphatic heterocycles. The molecular formula is C11H23NO. The monoisotopic (exact) mass is 185 g/mol. The molecule has 0 aromatic rings. The van der Waals surface area contributed by atoms with E-state index in [4.69, 9.17) is 4.74 Å². The van der Waals surface area contributed by atoms with Crippen LogP contribution in [0.5, 0.6) is 0 Å². The maximum Gasteiger partial charge on any atom is 0.0675 e. The molecule has 1 rings (SSSR count). The molecule has 0 saturated carbocycles. The molecule has 0 aromatic heterocycles. The van der Waals surface area contributed by atoms with Crippen LogP contribution in [0, 0.1) is 0 Å². The van der Waals surface area contributed by atoms with E-state index < -0.39 is 0 Å². The van der Waals surface area contributed by atoms with Crippen molar-refractivity contribution < 1.29 is 4.74 Å². The first-order valence-corrected chi connectivity index (χ1v) is 5.18. The first-order valence-electron chi connectivity index (χ1n) is 5.18. The first kappa shape index (κ1) is 11.0. The number of methoxy groups -OCH3 is 1. The van der Waals surface area contributed by atoms with Crippen LogP contribution in [0.4, 0.5) is 0 Å². The zero-order chi connectivity index (χ0) is 10.1. The molecule has 0 radical (unpaired) electrons. The number of hydrogen-bond acceptors (Lipinski definition) is 2. The summed E-state index contributed by atoms with van der Waals surface area (Å²) in [7, 11) is 1.83. The minimum Gasteiger partial charge on any atom is -0.378 e. The number of piperidine rings is 1. The van der Waals surface area contributed by atoms with Crippen LogP contribution in [-0.2, 0) is 4.74 Å². The second-order valence-electron chi connectivity index (χ2n) is 5.31. The SMILES string of the molecule is COC1(C)CCN(C(C)(C)C)CC1. The van der Waals surface area contributed by atoms with E-state index in [1.807, 2.05) is 7.11 Å². The van der Waals surface area contributed by atoms with Crippen molar-refractivity contribution in [1.82, 2.24) is 4.90 Å². The normalized spacial score (nSPS) is 24.7. The van der Waals surface area contributed by atoms with E-state index in [1.165, 1.54) is 0 Å². The van der Waals surface area contributed by atoms with Crippen LogP contribution in [0.25, 0.3) is 0 Å². The van der Waals surface area contributed by atoms with Crippen LogP contribution in [-0.4, -0.2) is 36.2 Å². The number of nitrogens with zero attached hydrogens (tertiary/aromatic N) is 1. The maximum absolute atomic E-state index is 5.51. The predicted octanol–water partition coefficient (Wildman–Crippen LogP) is 2.29. The second-order valence-corrected chi connectivity index (χ2v) is 5.31. The van der Waals surface area contributed by atoms with E-state index >= 15 is 0 Å². The summed E-state index contributed by atoms with van der Waals surface area (Å²) in [5.74, 6) is 0. The van der Waals surface area contributed by atoms with E-state index in [9.17, 15) is 0 Å². The summed E-state index contributed by atoms with van der Waals surface area (Å²) in [5.41, 5.74) is 0.441. The lowest BCUT2D eigenvalue weighted by Gasteiger charge is -2.44. The molecule has 0 spiro atoms. The van der Waals surface area contributed by atoms with Crippen LogP contribution >= 0.6 is 0 Å². The molecule has 2 heteroatoms. The van der Waals surface area contributed by atoms with Crippen molar-refractivity contribution in [1.29, 1.82) is 0 Å². The predicted molar refractivity (Wildman–Crippen MR) is 56.0 cm³/mol. The van der Waals surface area contributed by atoms with Crippen molar-refractivity contribution in [2.45, 2.75) is 51.7 Å². The Morgan fingerprint density at radius 3 is 1.92 bits per heavy atom. The standard InChI is InChI=1S/C11H23NO/c1-10(2,3)12-8-6-11(4,13-5)7-9-12/h6-9H2,1-5H3. The van der Waals surface area contributed by atoms with E-state index in [0.29, 0.717) is 5.54 Å². The zero-order valence-corrected chi connectivity index (χ0v) is 9.68. The van der Waals surface area contributed by atoms with Crippen molar-refractivity contribution in [3.63, 3.8) is 0 Å². The van der Waals surface area contributed by atoms with Gasteiger partial charge < -0.3 is 4.74 Å². The van der Waals surface area contributed by atoms with E-state index in [0.717, 1.165) is 25.9 Å². The van der Waals surface area contributed by atoms with Gasteiger partial charge in [-0.3, -0.25) is 4.90 Å². The quantitative estimate of drug-likeness (QED) is 0.621. The summed E-state index contributed by atoms with van der Waals surface area (Å²) in [4.78, 5) is 2.54. The van der Waals surface area contributed by atoms with Crippen molar-refractivity contribution in [2.75, 3.05) is 20.2 Å². The molecule has 0 aromatic carbocycles. The number of rotatable bonds is 1. The fourth-order valence-corrected chi connectivity index (χ4v) is 1.85. The molecule has 1 fully saturated rings. The van der Waals surface area contributed by atoms with Crippen LogP contribution < -0.4 is 0 Å². The molecule has 0 amide bonds. The summed E-state index contributed by atoms with van der Waals surface area (Å²) in [6.45, 7) is 11.4. The minimum atomic E-state index is 0.127.